The van der Waals surface area contributed by atoms with Crippen molar-refractivity contribution in [1.29, 1.82) is 0 Å². The van der Waals surface area contributed by atoms with E-state index in [4.69, 9.17) is 4.74 Å². The summed E-state index contributed by atoms with van der Waals surface area (Å²) in [6.07, 6.45) is 7.66. The van der Waals surface area contributed by atoms with E-state index in [2.05, 4.69) is 4.99 Å². The van der Waals surface area contributed by atoms with Crippen molar-refractivity contribution in [3.63, 3.8) is 0 Å². The number of hydrogen-bond acceptors (Lipinski definition) is 2. The number of aliphatic hydroxyl groups is 1. The standard InChI is InChI=1S/C11H13NO2/c1-7-3-4-8-9(5-7)11(13)12-6-10(8)14-2/h3-6,8-9H,1-2H3,(H,12,13). The summed E-state index contributed by atoms with van der Waals surface area (Å²) in [5.74, 6) is 1.01. The fourth-order valence-corrected chi connectivity index (χ4v) is 1.82. The van der Waals surface area contributed by atoms with Crippen molar-refractivity contribution in [2.45, 2.75) is 6.92 Å². The zero-order valence-electron chi connectivity index (χ0n) is 8.27. The van der Waals surface area contributed by atoms with Gasteiger partial charge in [0.25, 0.3) is 0 Å². The van der Waals surface area contributed by atoms with Gasteiger partial charge in [-0.3, -0.25) is 0 Å². The van der Waals surface area contributed by atoms with Crippen molar-refractivity contribution in [3.8, 4) is 0 Å². The van der Waals surface area contributed by atoms with Crippen LogP contribution in [-0.2, 0) is 4.74 Å². The highest BCUT2D eigenvalue weighted by atomic mass is 16.5. The molecule has 0 fully saturated rings. The average molecular weight is 191 g/mol. The number of ether oxygens (including phenoxy) is 1. The summed E-state index contributed by atoms with van der Waals surface area (Å²) in [4.78, 5) is 3.91. The van der Waals surface area contributed by atoms with Gasteiger partial charge in [-0.25, -0.2) is 4.99 Å². The molecule has 0 bridgehead atoms. The maximum absolute atomic E-state index is 9.61. The van der Waals surface area contributed by atoms with E-state index >= 15 is 0 Å². The second-order valence-electron chi connectivity index (χ2n) is 3.54. The molecule has 74 valence electrons. The summed E-state index contributed by atoms with van der Waals surface area (Å²) in [6, 6.07) is 0. The number of aliphatic hydroxyl groups excluding tert-OH is 1. The molecular formula is C11H13NO2. The van der Waals surface area contributed by atoms with Gasteiger partial charge in [0.2, 0.25) is 0 Å². The molecule has 0 aromatic rings. The van der Waals surface area contributed by atoms with Crippen LogP contribution in [0.5, 0.6) is 0 Å². The molecule has 0 aromatic carbocycles. The summed E-state index contributed by atoms with van der Waals surface area (Å²) in [5, 5.41) is 9.61. The van der Waals surface area contributed by atoms with Gasteiger partial charge in [-0.15, -0.1) is 0 Å². The lowest BCUT2D eigenvalue weighted by atomic mass is 9.83. The smallest absolute Gasteiger partial charge is 0.193 e. The van der Waals surface area contributed by atoms with Crippen LogP contribution in [-0.4, -0.2) is 18.1 Å². The first-order valence-electron chi connectivity index (χ1n) is 4.59. The number of fused-ring (bicyclic) bond motifs is 1. The minimum absolute atomic E-state index is 0.0556. The Bertz CT molecular complexity index is 363. The molecule has 1 aliphatic carbocycles. The predicted octanol–water partition coefficient (Wildman–Crippen LogP) is 2.19. The van der Waals surface area contributed by atoms with Crippen molar-refractivity contribution in [2.75, 3.05) is 7.11 Å². The van der Waals surface area contributed by atoms with Crippen molar-refractivity contribution >= 4 is 5.90 Å². The first-order valence-corrected chi connectivity index (χ1v) is 4.59. The molecule has 1 N–H and O–H groups in total. The highest BCUT2D eigenvalue weighted by Crippen LogP contribution is 2.32. The Hall–Kier alpha value is -1.51. The number of methoxy groups -OCH3 is 1. The minimum atomic E-state index is -0.0556. The van der Waals surface area contributed by atoms with E-state index in [0.29, 0.717) is 0 Å². The molecular weight excluding hydrogens is 178 g/mol. The highest BCUT2D eigenvalue weighted by molar-refractivity contribution is 5.81. The molecule has 14 heavy (non-hydrogen) atoms. The van der Waals surface area contributed by atoms with E-state index in [-0.39, 0.29) is 17.7 Å². The molecule has 2 atom stereocenters. The first-order chi connectivity index (χ1) is 6.72. The van der Waals surface area contributed by atoms with E-state index in [9.17, 15) is 5.11 Å². The second-order valence-corrected chi connectivity index (χ2v) is 3.54. The Kier molecular flexibility index (Phi) is 2.15. The second kappa shape index (κ2) is 3.33. The van der Waals surface area contributed by atoms with E-state index in [1.54, 1.807) is 13.3 Å². The van der Waals surface area contributed by atoms with Crippen LogP contribution in [0.2, 0.25) is 0 Å². The van der Waals surface area contributed by atoms with Gasteiger partial charge in [-0.2, -0.15) is 0 Å². The van der Waals surface area contributed by atoms with Gasteiger partial charge in [-0.05, 0) is 6.92 Å². The van der Waals surface area contributed by atoms with Crippen molar-refractivity contribution < 1.29 is 9.84 Å². The largest absolute Gasteiger partial charge is 0.499 e. The van der Waals surface area contributed by atoms with Gasteiger partial charge >= 0.3 is 0 Å². The summed E-state index contributed by atoms with van der Waals surface area (Å²) in [6.45, 7) is 2.00. The molecule has 0 saturated heterocycles. The summed E-state index contributed by atoms with van der Waals surface area (Å²) >= 11 is 0. The van der Waals surface area contributed by atoms with Crippen LogP contribution in [0.1, 0.15) is 6.92 Å². The van der Waals surface area contributed by atoms with Crippen LogP contribution in [0.3, 0.4) is 0 Å². The van der Waals surface area contributed by atoms with Gasteiger partial charge in [-0.1, -0.05) is 23.8 Å². The van der Waals surface area contributed by atoms with Gasteiger partial charge in [0, 0.05) is 0 Å². The molecule has 0 amide bonds. The average Bonchev–Trinajstić information content (AvgIpc) is 2.19. The first kappa shape index (κ1) is 9.06. The number of aliphatic imine (C=N–C) groups is 1. The SMILES string of the molecule is COC1=CN=C(O)C2C=C(C)C=CC12. The lowest BCUT2D eigenvalue weighted by Gasteiger charge is -2.27. The summed E-state index contributed by atoms with van der Waals surface area (Å²) in [5.41, 5.74) is 1.14. The Balaban J connectivity index is 2.37. The zero-order valence-corrected chi connectivity index (χ0v) is 8.27. The molecule has 2 unspecified atom stereocenters. The van der Waals surface area contributed by atoms with Crippen LogP contribution in [0.15, 0.2) is 40.8 Å². The Morgan fingerprint density at radius 3 is 2.93 bits per heavy atom. The highest BCUT2D eigenvalue weighted by Gasteiger charge is 2.31. The quantitative estimate of drug-likeness (QED) is 0.690. The van der Waals surface area contributed by atoms with E-state index in [1.165, 1.54) is 0 Å². The Labute approximate surface area is 83.1 Å². The van der Waals surface area contributed by atoms with Crippen LogP contribution in [0.4, 0.5) is 0 Å². The van der Waals surface area contributed by atoms with Crippen molar-refractivity contribution in [1.82, 2.24) is 0 Å². The van der Waals surface area contributed by atoms with Gasteiger partial charge < -0.3 is 9.84 Å². The number of allylic oxidation sites excluding steroid dienone is 3. The van der Waals surface area contributed by atoms with Gasteiger partial charge in [0.1, 0.15) is 5.76 Å². The maximum atomic E-state index is 9.61. The maximum Gasteiger partial charge on any atom is 0.193 e. The van der Waals surface area contributed by atoms with Gasteiger partial charge in [0.15, 0.2) is 5.90 Å². The number of hydrogen-bond donors (Lipinski definition) is 1. The zero-order chi connectivity index (χ0) is 10.1. The van der Waals surface area contributed by atoms with Crippen LogP contribution in [0, 0.1) is 11.8 Å². The number of rotatable bonds is 1. The molecule has 3 heteroatoms. The fourth-order valence-electron chi connectivity index (χ4n) is 1.82. The molecule has 1 heterocycles. The Morgan fingerprint density at radius 1 is 1.43 bits per heavy atom. The van der Waals surface area contributed by atoms with E-state index in [1.807, 2.05) is 25.2 Å². The van der Waals surface area contributed by atoms with E-state index in [0.717, 1.165) is 11.3 Å². The van der Waals surface area contributed by atoms with Crippen LogP contribution >= 0.6 is 0 Å². The minimum Gasteiger partial charge on any atom is -0.499 e. The predicted molar refractivity (Wildman–Crippen MR) is 55.0 cm³/mol. The normalized spacial score (nSPS) is 30.0. The topological polar surface area (TPSA) is 41.8 Å². The fraction of sp³-hybridized carbons (Fsp3) is 0.364. The molecule has 0 aromatic heterocycles. The van der Waals surface area contributed by atoms with Crippen LogP contribution < -0.4 is 0 Å². The molecule has 0 spiro atoms. The van der Waals surface area contributed by atoms with E-state index < -0.39 is 0 Å². The third kappa shape index (κ3) is 1.35. The lowest BCUT2D eigenvalue weighted by Crippen LogP contribution is -2.27. The summed E-state index contributed by atoms with van der Waals surface area (Å²) in [7, 11) is 1.62. The molecule has 2 rings (SSSR count). The number of nitrogens with zero attached hydrogens (tertiary/aromatic N) is 1. The molecule has 3 nitrogen and oxygen atoms in total. The van der Waals surface area contributed by atoms with Gasteiger partial charge in [0.05, 0.1) is 25.1 Å². The lowest BCUT2D eigenvalue weighted by molar-refractivity contribution is 0.239. The molecule has 2 aliphatic rings. The third-order valence-electron chi connectivity index (χ3n) is 2.58. The van der Waals surface area contributed by atoms with Crippen molar-refractivity contribution in [3.05, 3.63) is 35.8 Å². The van der Waals surface area contributed by atoms with Crippen molar-refractivity contribution in [2.24, 2.45) is 16.8 Å². The third-order valence-corrected chi connectivity index (χ3v) is 2.58. The molecule has 0 saturated carbocycles. The monoisotopic (exact) mass is 191 g/mol. The summed E-state index contributed by atoms with van der Waals surface area (Å²) < 4.78 is 5.21. The van der Waals surface area contributed by atoms with Crippen LogP contribution in [0.25, 0.3) is 0 Å². The Morgan fingerprint density at radius 2 is 2.21 bits per heavy atom. The molecule has 1 aliphatic heterocycles. The molecule has 0 radical (unpaired) electrons.